The summed E-state index contributed by atoms with van der Waals surface area (Å²) >= 11 is 2.25. The van der Waals surface area contributed by atoms with Crippen LogP contribution in [0.2, 0.25) is 0 Å². The van der Waals surface area contributed by atoms with Crippen molar-refractivity contribution in [3.8, 4) is 5.75 Å². The number of carbonyl (C=O) groups is 1. The second-order valence-corrected chi connectivity index (χ2v) is 5.36. The fraction of sp³-hybridized carbons (Fsp3) is 0.462. The van der Waals surface area contributed by atoms with E-state index in [2.05, 4.69) is 27.9 Å². The highest BCUT2D eigenvalue weighted by atomic mass is 127. The number of hydrogen-bond donors (Lipinski definition) is 2. The Morgan fingerprint density at radius 1 is 1.42 bits per heavy atom. The lowest BCUT2D eigenvalue weighted by Gasteiger charge is -2.11. The molecule has 1 rings (SSSR count). The number of nitrogens with one attached hydrogen (secondary N) is 1. The van der Waals surface area contributed by atoms with Gasteiger partial charge < -0.3 is 15.8 Å². The van der Waals surface area contributed by atoms with Gasteiger partial charge in [0.1, 0.15) is 5.75 Å². The smallest absolute Gasteiger partial charge is 0.220 e. The Morgan fingerprint density at radius 2 is 2.05 bits per heavy atom. The maximum atomic E-state index is 11.4. The molecule has 6 heteroatoms. The van der Waals surface area contributed by atoms with Crippen LogP contribution in [0.5, 0.6) is 5.75 Å². The van der Waals surface area contributed by atoms with Gasteiger partial charge in [0.25, 0.3) is 0 Å². The van der Waals surface area contributed by atoms with Gasteiger partial charge in [0.15, 0.2) is 0 Å². The summed E-state index contributed by atoms with van der Waals surface area (Å²) in [6.07, 6.45) is 1.17. The Hall–Kier alpha value is -0.530. The Balaban J connectivity index is 0.00000324. The van der Waals surface area contributed by atoms with E-state index in [1.54, 1.807) is 0 Å². The third-order valence-electron chi connectivity index (χ3n) is 2.39. The van der Waals surface area contributed by atoms with Crippen molar-refractivity contribution in [1.29, 1.82) is 0 Å². The van der Waals surface area contributed by atoms with Crippen LogP contribution in [0, 0.1) is 3.57 Å². The second kappa shape index (κ2) is 10.3. The highest BCUT2D eigenvalue weighted by Crippen LogP contribution is 2.13. The fourth-order valence-corrected chi connectivity index (χ4v) is 1.72. The van der Waals surface area contributed by atoms with Gasteiger partial charge in [0, 0.05) is 22.6 Å². The van der Waals surface area contributed by atoms with Crippen LogP contribution in [-0.2, 0) is 4.79 Å². The predicted octanol–water partition coefficient (Wildman–Crippen LogP) is 2.34. The molecule has 1 atom stereocenters. The van der Waals surface area contributed by atoms with Crippen LogP contribution in [0.3, 0.4) is 0 Å². The third-order valence-corrected chi connectivity index (χ3v) is 3.11. The Morgan fingerprint density at radius 3 is 2.63 bits per heavy atom. The number of hydrogen-bond acceptors (Lipinski definition) is 3. The molecule has 0 aliphatic carbocycles. The van der Waals surface area contributed by atoms with Gasteiger partial charge in [-0.25, -0.2) is 0 Å². The van der Waals surface area contributed by atoms with Gasteiger partial charge in [0.2, 0.25) is 5.91 Å². The molecule has 0 saturated heterocycles. The number of benzene rings is 1. The summed E-state index contributed by atoms with van der Waals surface area (Å²) in [7, 11) is 0. The molecule has 4 nitrogen and oxygen atoms in total. The molecular weight excluding hydrogens is 379 g/mol. The summed E-state index contributed by atoms with van der Waals surface area (Å²) in [6, 6.07) is 7.88. The van der Waals surface area contributed by atoms with Crippen molar-refractivity contribution < 1.29 is 9.53 Å². The van der Waals surface area contributed by atoms with Crippen molar-refractivity contribution in [2.24, 2.45) is 5.73 Å². The molecule has 1 aromatic carbocycles. The number of nitrogens with two attached hydrogens (primary N) is 1. The maximum Gasteiger partial charge on any atom is 0.220 e. The van der Waals surface area contributed by atoms with Crippen LogP contribution in [0.1, 0.15) is 19.8 Å². The summed E-state index contributed by atoms with van der Waals surface area (Å²) in [5.41, 5.74) is 5.42. The van der Waals surface area contributed by atoms with Gasteiger partial charge in [-0.1, -0.05) is 0 Å². The minimum Gasteiger partial charge on any atom is -0.494 e. The fourth-order valence-electron chi connectivity index (χ4n) is 1.36. The number of carbonyl (C=O) groups excluding carboxylic acids is 1. The first-order valence-electron chi connectivity index (χ1n) is 5.99. The lowest BCUT2D eigenvalue weighted by Crippen LogP contribution is -2.37. The van der Waals surface area contributed by atoms with Crippen molar-refractivity contribution in [3.05, 3.63) is 27.8 Å². The van der Waals surface area contributed by atoms with Crippen molar-refractivity contribution in [2.45, 2.75) is 25.8 Å². The van der Waals surface area contributed by atoms with E-state index < -0.39 is 0 Å². The number of halogens is 2. The number of amides is 1. The van der Waals surface area contributed by atoms with Crippen LogP contribution in [0.25, 0.3) is 0 Å². The summed E-state index contributed by atoms with van der Waals surface area (Å²) in [6.45, 7) is 2.90. The van der Waals surface area contributed by atoms with Crippen LogP contribution < -0.4 is 15.8 Å². The Bertz CT molecular complexity index is 373. The first-order chi connectivity index (χ1) is 8.61. The average molecular weight is 399 g/mol. The minimum absolute atomic E-state index is 0. The SMILES string of the molecule is C[C@@H](CN)NC(=O)CCCOc1ccc(I)cc1.Cl. The van der Waals surface area contributed by atoms with Gasteiger partial charge in [-0.3, -0.25) is 4.79 Å². The summed E-state index contributed by atoms with van der Waals surface area (Å²) < 4.78 is 6.71. The number of ether oxygens (including phenoxy) is 1. The maximum absolute atomic E-state index is 11.4. The molecule has 1 aromatic rings. The first kappa shape index (κ1) is 18.5. The lowest BCUT2D eigenvalue weighted by molar-refractivity contribution is -0.121. The quantitative estimate of drug-likeness (QED) is 0.547. The van der Waals surface area contributed by atoms with Gasteiger partial charge in [-0.15, -0.1) is 12.4 Å². The third kappa shape index (κ3) is 8.28. The zero-order valence-electron chi connectivity index (χ0n) is 10.9. The van der Waals surface area contributed by atoms with E-state index in [0.717, 1.165) is 5.75 Å². The van der Waals surface area contributed by atoms with Gasteiger partial charge >= 0.3 is 0 Å². The molecule has 108 valence electrons. The van der Waals surface area contributed by atoms with E-state index in [4.69, 9.17) is 10.5 Å². The van der Waals surface area contributed by atoms with Crippen molar-refractivity contribution in [1.82, 2.24) is 5.32 Å². The van der Waals surface area contributed by atoms with Gasteiger partial charge in [-0.2, -0.15) is 0 Å². The highest BCUT2D eigenvalue weighted by Gasteiger charge is 2.05. The summed E-state index contributed by atoms with van der Waals surface area (Å²) in [5, 5.41) is 2.82. The van der Waals surface area contributed by atoms with Crippen LogP contribution in [0.4, 0.5) is 0 Å². The van der Waals surface area contributed by atoms with Crippen LogP contribution >= 0.6 is 35.0 Å². The molecule has 0 fully saturated rings. The normalized spacial score (nSPS) is 11.3. The van der Waals surface area contributed by atoms with E-state index in [1.165, 1.54) is 3.57 Å². The standard InChI is InChI=1S/C13H19IN2O2.ClH/c1-10(9-15)16-13(17)3-2-8-18-12-6-4-11(14)5-7-12;/h4-7,10H,2-3,8-9,15H2,1H3,(H,16,17);1H/t10-;/m0./s1. The molecule has 0 spiro atoms. The van der Waals surface area contributed by atoms with E-state index in [-0.39, 0.29) is 24.4 Å². The molecule has 19 heavy (non-hydrogen) atoms. The van der Waals surface area contributed by atoms with Gasteiger partial charge in [0.05, 0.1) is 6.61 Å². The second-order valence-electron chi connectivity index (χ2n) is 4.11. The molecule has 0 heterocycles. The topological polar surface area (TPSA) is 64.3 Å². The average Bonchev–Trinajstić information content (AvgIpc) is 2.36. The largest absolute Gasteiger partial charge is 0.494 e. The first-order valence-corrected chi connectivity index (χ1v) is 7.07. The van der Waals surface area contributed by atoms with Crippen LogP contribution in [0.15, 0.2) is 24.3 Å². The van der Waals surface area contributed by atoms with Crippen molar-refractivity contribution in [2.75, 3.05) is 13.2 Å². The molecule has 0 radical (unpaired) electrons. The summed E-state index contributed by atoms with van der Waals surface area (Å²) in [4.78, 5) is 11.4. The minimum atomic E-state index is 0. The highest BCUT2D eigenvalue weighted by molar-refractivity contribution is 14.1. The zero-order chi connectivity index (χ0) is 13.4. The zero-order valence-corrected chi connectivity index (χ0v) is 13.9. The van der Waals surface area contributed by atoms with Gasteiger partial charge in [-0.05, 0) is 60.2 Å². The Labute approximate surface area is 134 Å². The number of rotatable bonds is 7. The monoisotopic (exact) mass is 398 g/mol. The molecule has 0 aliphatic rings. The molecule has 0 aromatic heterocycles. The lowest BCUT2D eigenvalue weighted by atomic mass is 10.2. The molecular formula is C13H20ClIN2O2. The molecule has 0 unspecified atom stereocenters. The van der Waals surface area contributed by atoms with E-state index >= 15 is 0 Å². The van der Waals surface area contributed by atoms with E-state index in [9.17, 15) is 4.79 Å². The summed E-state index contributed by atoms with van der Waals surface area (Å²) in [5.74, 6) is 0.866. The van der Waals surface area contributed by atoms with Crippen molar-refractivity contribution >= 4 is 40.9 Å². The van der Waals surface area contributed by atoms with Crippen LogP contribution in [-0.4, -0.2) is 25.1 Å². The van der Waals surface area contributed by atoms with Crippen molar-refractivity contribution in [3.63, 3.8) is 0 Å². The molecule has 0 saturated carbocycles. The van der Waals surface area contributed by atoms with E-state index in [0.29, 0.717) is 26.0 Å². The van der Waals surface area contributed by atoms with E-state index in [1.807, 2.05) is 31.2 Å². The molecule has 3 N–H and O–H groups in total. The molecule has 0 bridgehead atoms. The molecule has 1 amide bonds. The molecule has 0 aliphatic heterocycles. The predicted molar refractivity (Wildman–Crippen MR) is 87.8 cm³/mol. The Kier molecular flexibility index (Phi) is 9.99.